The lowest BCUT2D eigenvalue weighted by molar-refractivity contribution is 0.0928. The number of nitrogens with zero attached hydrogens (tertiary/aromatic N) is 2. The summed E-state index contributed by atoms with van der Waals surface area (Å²) >= 11 is 0. The Balaban J connectivity index is 1.64. The van der Waals surface area contributed by atoms with Crippen molar-refractivity contribution in [3.05, 3.63) is 47.9 Å². The first-order chi connectivity index (χ1) is 12.1. The average molecular weight is 346 g/mol. The molecule has 1 fully saturated rings. The summed E-state index contributed by atoms with van der Waals surface area (Å²) < 4.78 is 27.2. The minimum Gasteiger partial charge on any atom is -0.348 e. The Bertz CT molecular complexity index is 708. The topological polar surface area (TPSA) is 66.9 Å². The zero-order valence-corrected chi connectivity index (χ0v) is 13.8. The van der Waals surface area contributed by atoms with Crippen molar-refractivity contribution in [2.75, 3.05) is 5.32 Å². The van der Waals surface area contributed by atoms with Crippen molar-refractivity contribution in [1.82, 2.24) is 15.3 Å². The molecule has 1 aromatic heterocycles. The molecular formula is C18H20F2N4O. The van der Waals surface area contributed by atoms with Gasteiger partial charge in [-0.1, -0.05) is 31.7 Å². The van der Waals surface area contributed by atoms with E-state index in [1.54, 1.807) is 0 Å². The van der Waals surface area contributed by atoms with E-state index in [2.05, 4.69) is 20.6 Å². The van der Waals surface area contributed by atoms with E-state index in [4.69, 9.17) is 0 Å². The van der Waals surface area contributed by atoms with Gasteiger partial charge in [0.1, 0.15) is 28.8 Å². The van der Waals surface area contributed by atoms with Gasteiger partial charge < -0.3 is 10.6 Å². The lowest BCUT2D eigenvalue weighted by Crippen LogP contribution is -2.34. The van der Waals surface area contributed by atoms with E-state index >= 15 is 0 Å². The SMILES string of the molecule is O=C(NC1CCCCCC1)c1cnc(Nc2c(F)cccc2F)cn1. The lowest BCUT2D eigenvalue weighted by Gasteiger charge is -2.15. The smallest absolute Gasteiger partial charge is 0.271 e. The molecule has 1 amide bonds. The summed E-state index contributed by atoms with van der Waals surface area (Å²) in [5.41, 5.74) is -0.115. The predicted octanol–water partition coefficient (Wildman–Crippen LogP) is 3.95. The molecule has 1 aromatic carbocycles. The summed E-state index contributed by atoms with van der Waals surface area (Å²) in [4.78, 5) is 20.3. The van der Waals surface area contributed by atoms with E-state index in [0.29, 0.717) is 0 Å². The molecule has 3 rings (SSSR count). The molecule has 1 heterocycles. The fourth-order valence-corrected chi connectivity index (χ4v) is 2.94. The second-order valence-corrected chi connectivity index (χ2v) is 6.17. The first-order valence-electron chi connectivity index (χ1n) is 8.47. The van der Waals surface area contributed by atoms with Crippen LogP contribution in [0.3, 0.4) is 0 Å². The third kappa shape index (κ3) is 4.49. The third-order valence-electron chi connectivity index (χ3n) is 4.29. The zero-order chi connectivity index (χ0) is 17.6. The number of anilines is 2. The maximum Gasteiger partial charge on any atom is 0.271 e. The zero-order valence-electron chi connectivity index (χ0n) is 13.8. The minimum absolute atomic E-state index is 0.162. The van der Waals surface area contributed by atoms with Crippen LogP contribution in [-0.2, 0) is 0 Å². The highest BCUT2D eigenvalue weighted by Gasteiger charge is 2.17. The summed E-state index contributed by atoms with van der Waals surface area (Å²) in [6, 6.07) is 3.74. The Kier molecular flexibility index (Phi) is 5.53. The van der Waals surface area contributed by atoms with Gasteiger partial charge in [0.05, 0.1) is 12.4 Å². The van der Waals surface area contributed by atoms with Gasteiger partial charge >= 0.3 is 0 Å². The van der Waals surface area contributed by atoms with Crippen molar-refractivity contribution in [3.8, 4) is 0 Å². The summed E-state index contributed by atoms with van der Waals surface area (Å²) in [5.74, 6) is -1.56. The van der Waals surface area contributed by atoms with Crippen LogP contribution in [-0.4, -0.2) is 21.9 Å². The molecule has 1 aliphatic carbocycles. The first kappa shape index (κ1) is 17.3. The fraction of sp³-hybridized carbons (Fsp3) is 0.389. The number of carbonyl (C=O) groups is 1. The Hall–Kier alpha value is -2.57. The molecule has 1 saturated carbocycles. The minimum atomic E-state index is -0.725. The lowest BCUT2D eigenvalue weighted by atomic mass is 10.1. The summed E-state index contributed by atoms with van der Waals surface area (Å²) in [6.07, 6.45) is 9.19. The van der Waals surface area contributed by atoms with Crippen LogP contribution in [0.2, 0.25) is 0 Å². The van der Waals surface area contributed by atoms with Crippen LogP contribution >= 0.6 is 0 Å². The van der Waals surface area contributed by atoms with Crippen molar-refractivity contribution in [3.63, 3.8) is 0 Å². The van der Waals surface area contributed by atoms with Gasteiger partial charge in [0.25, 0.3) is 5.91 Å². The number of nitrogens with one attached hydrogen (secondary N) is 2. The van der Waals surface area contributed by atoms with E-state index in [1.165, 1.54) is 31.3 Å². The van der Waals surface area contributed by atoms with Gasteiger partial charge in [-0.05, 0) is 25.0 Å². The summed E-state index contributed by atoms with van der Waals surface area (Å²) in [5, 5.41) is 5.52. The van der Waals surface area contributed by atoms with Crippen molar-refractivity contribution >= 4 is 17.4 Å². The van der Waals surface area contributed by atoms with E-state index in [0.717, 1.165) is 37.8 Å². The maximum atomic E-state index is 13.6. The number of hydrogen-bond acceptors (Lipinski definition) is 4. The Morgan fingerprint density at radius 2 is 1.68 bits per heavy atom. The van der Waals surface area contributed by atoms with Crippen molar-refractivity contribution in [2.24, 2.45) is 0 Å². The molecule has 0 saturated heterocycles. The van der Waals surface area contributed by atoms with Crippen LogP contribution in [0.4, 0.5) is 20.3 Å². The van der Waals surface area contributed by atoms with Gasteiger partial charge in [-0.15, -0.1) is 0 Å². The van der Waals surface area contributed by atoms with E-state index in [-0.39, 0.29) is 29.1 Å². The molecule has 5 nitrogen and oxygen atoms in total. The number of benzene rings is 1. The fourth-order valence-electron chi connectivity index (χ4n) is 2.94. The molecule has 0 unspecified atom stereocenters. The maximum absolute atomic E-state index is 13.6. The third-order valence-corrected chi connectivity index (χ3v) is 4.29. The van der Waals surface area contributed by atoms with Gasteiger partial charge in [0, 0.05) is 6.04 Å². The first-order valence-corrected chi connectivity index (χ1v) is 8.47. The number of halogens is 2. The Morgan fingerprint density at radius 1 is 1.00 bits per heavy atom. The summed E-state index contributed by atoms with van der Waals surface area (Å²) in [6.45, 7) is 0. The quantitative estimate of drug-likeness (QED) is 0.823. The standard InChI is InChI=1S/C18H20F2N4O/c19-13-8-5-9-14(20)17(13)24-16-11-21-15(10-22-16)18(25)23-12-6-3-1-2-4-7-12/h5,8-12H,1-4,6-7H2,(H,22,24)(H,23,25). The number of aromatic nitrogens is 2. The summed E-state index contributed by atoms with van der Waals surface area (Å²) in [7, 11) is 0. The second kappa shape index (κ2) is 8.00. The highest BCUT2D eigenvalue weighted by atomic mass is 19.1. The van der Waals surface area contributed by atoms with Crippen LogP contribution in [0.5, 0.6) is 0 Å². The second-order valence-electron chi connectivity index (χ2n) is 6.17. The largest absolute Gasteiger partial charge is 0.348 e. The molecule has 1 aliphatic rings. The molecule has 7 heteroatoms. The molecular weight excluding hydrogens is 326 g/mol. The van der Waals surface area contributed by atoms with Crippen LogP contribution in [0, 0.1) is 11.6 Å². The Labute approximate surface area is 144 Å². The number of amides is 1. The number of carbonyl (C=O) groups excluding carboxylic acids is 1. The molecule has 0 aliphatic heterocycles. The number of para-hydroxylation sites is 1. The van der Waals surface area contributed by atoms with Crippen molar-refractivity contribution < 1.29 is 13.6 Å². The monoisotopic (exact) mass is 346 g/mol. The molecule has 25 heavy (non-hydrogen) atoms. The normalized spacial score (nSPS) is 15.4. The van der Waals surface area contributed by atoms with E-state index in [1.807, 2.05) is 0 Å². The van der Waals surface area contributed by atoms with Gasteiger partial charge in [-0.25, -0.2) is 18.7 Å². The van der Waals surface area contributed by atoms with E-state index in [9.17, 15) is 13.6 Å². The molecule has 0 spiro atoms. The van der Waals surface area contributed by atoms with Gasteiger partial charge in [-0.3, -0.25) is 4.79 Å². The van der Waals surface area contributed by atoms with Crippen molar-refractivity contribution in [2.45, 2.75) is 44.6 Å². The predicted molar refractivity (Wildman–Crippen MR) is 90.6 cm³/mol. The van der Waals surface area contributed by atoms with Crippen LogP contribution in [0.25, 0.3) is 0 Å². The number of hydrogen-bond donors (Lipinski definition) is 2. The van der Waals surface area contributed by atoms with Gasteiger partial charge in [0.2, 0.25) is 0 Å². The highest BCUT2D eigenvalue weighted by Crippen LogP contribution is 2.21. The van der Waals surface area contributed by atoms with E-state index < -0.39 is 11.6 Å². The van der Waals surface area contributed by atoms with Crippen LogP contribution in [0.15, 0.2) is 30.6 Å². The molecule has 0 bridgehead atoms. The number of rotatable bonds is 4. The molecule has 0 atom stereocenters. The van der Waals surface area contributed by atoms with Crippen LogP contribution in [0.1, 0.15) is 49.0 Å². The van der Waals surface area contributed by atoms with Crippen molar-refractivity contribution in [1.29, 1.82) is 0 Å². The Morgan fingerprint density at radius 3 is 2.28 bits per heavy atom. The van der Waals surface area contributed by atoms with Gasteiger partial charge in [-0.2, -0.15) is 0 Å². The van der Waals surface area contributed by atoms with Gasteiger partial charge in [0.15, 0.2) is 0 Å². The average Bonchev–Trinajstić information content (AvgIpc) is 2.87. The molecule has 0 radical (unpaired) electrons. The molecule has 2 N–H and O–H groups in total. The molecule has 2 aromatic rings. The highest BCUT2D eigenvalue weighted by molar-refractivity contribution is 5.92. The molecule has 132 valence electrons. The van der Waals surface area contributed by atoms with Crippen LogP contribution < -0.4 is 10.6 Å².